The number of anilines is 1. The van der Waals surface area contributed by atoms with Crippen LogP contribution in [0.1, 0.15) is 12.5 Å². The Labute approximate surface area is 126 Å². The molecule has 1 aromatic heterocycles. The second-order valence-corrected chi connectivity index (χ2v) is 4.80. The lowest BCUT2D eigenvalue weighted by Crippen LogP contribution is -2.04. The molecule has 0 aliphatic carbocycles. The summed E-state index contributed by atoms with van der Waals surface area (Å²) in [6.45, 7) is 3.20. The quantitative estimate of drug-likeness (QED) is 0.876. The lowest BCUT2D eigenvalue weighted by Gasteiger charge is -2.10. The fraction of sp³-hybridized carbons (Fsp3) is 0.286. The molecule has 0 saturated carbocycles. The molecule has 1 aromatic carbocycles. The van der Waals surface area contributed by atoms with Crippen molar-refractivity contribution < 1.29 is 9.47 Å². The Morgan fingerprint density at radius 3 is 2.90 bits per heavy atom. The third-order valence-corrected chi connectivity index (χ3v) is 3.33. The molecular weight excluding hydrogens is 322 g/mol. The van der Waals surface area contributed by atoms with Gasteiger partial charge in [0, 0.05) is 6.54 Å². The monoisotopic (exact) mass is 337 g/mol. The van der Waals surface area contributed by atoms with Crippen LogP contribution in [-0.2, 0) is 6.61 Å². The highest BCUT2D eigenvalue weighted by atomic mass is 79.9. The van der Waals surface area contributed by atoms with Gasteiger partial charge in [-0.3, -0.25) is 0 Å². The van der Waals surface area contributed by atoms with E-state index in [0.29, 0.717) is 12.5 Å². The molecule has 2 aromatic rings. The van der Waals surface area contributed by atoms with Gasteiger partial charge in [-0.1, -0.05) is 12.1 Å². The standard InChI is InChI=1S/C14H16BrN3O2/c1-3-16-13-12(15)14(18-9-17-13)20-8-10-5-4-6-11(7-10)19-2/h4-7,9H,3,8H2,1-2H3,(H,16,17,18). The molecule has 0 fully saturated rings. The number of hydrogen-bond acceptors (Lipinski definition) is 5. The summed E-state index contributed by atoms with van der Waals surface area (Å²) < 4.78 is 11.6. The van der Waals surface area contributed by atoms with E-state index >= 15 is 0 Å². The third kappa shape index (κ3) is 3.60. The minimum absolute atomic E-state index is 0.415. The van der Waals surface area contributed by atoms with Crippen LogP contribution in [0, 0.1) is 0 Å². The third-order valence-electron chi connectivity index (χ3n) is 2.61. The van der Waals surface area contributed by atoms with Gasteiger partial charge in [0.1, 0.15) is 29.0 Å². The summed E-state index contributed by atoms with van der Waals surface area (Å²) in [5.74, 6) is 2.04. The molecule has 0 spiro atoms. The molecule has 0 unspecified atom stereocenters. The maximum atomic E-state index is 5.72. The Morgan fingerprint density at radius 2 is 2.15 bits per heavy atom. The molecule has 0 saturated heterocycles. The van der Waals surface area contributed by atoms with Gasteiger partial charge in [-0.2, -0.15) is 0 Å². The molecule has 0 amide bonds. The van der Waals surface area contributed by atoms with Crippen molar-refractivity contribution in [2.45, 2.75) is 13.5 Å². The lowest BCUT2D eigenvalue weighted by atomic mass is 10.2. The van der Waals surface area contributed by atoms with Gasteiger partial charge < -0.3 is 14.8 Å². The van der Waals surface area contributed by atoms with Crippen LogP contribution < -0.4 is 14.8 Å². The second-order valence-electron chi connectivity index (χ2n) is 4.01. The molecule has 0 aliphatic rings. The maximum absolute atomic E-state index is 5.72. The number of aromatic nitrogens is 2. The molecule has 1 N–H and O–H groups in total. The van der Waals surface area contributed by atoms with Crippen LogP contribution >= 0.6 is 15.9 Å². The average molecular weight is 338 g/mol. The van der Waals surface area contributed by atoms with Crippen molar-refractivity contribution in [3.8, 4) is 11.6 Å². The molecule has 0 aliphatic heterocycles. The molecule has 20 heavy (non-hydrogen) atoms. The summed E-state index contributed by atoms with van der Waals surface area (Å²) in [4.78, 5) is 8.27. The van der Waals surface area contributed by atoms with E-state index in [9.17, 15) is 0 Å². The van der Waals surface area contributed by atoms with Crippen molar-refractivity contribution in [1.82, 2.24) is 9.97 Å². The topological polar surface area (TPSA) is 56.3 Å². The van der Waals surface area contributed by atoms with E-state index in [1.807, 2.05) is 31.2 Å². The predicted octanol–water partition coefficient (Wildman–Crippen LogP) is 3.26. The van der Waals surface area contributed by atoms with E-state index in [-0.39, 0.29) is 0 Å². The zero-order valence-electron chi connectivity index (χ0n) is 11.4. The van der Waals surface area contributed by atoms with Crippen LogP contribution in [0.5, 0.6) is 11.6 Å². The summed E-state index contributed by atoms with van der Waals surface area (Å²) in [6.07, 6.45) is 1.48. The van der Waals surface area contributed by atoms with Gasteiger partial charge in [-0.15, -0.1) is 0 Å². The number of nitrogens with one attached hydrogen (secondary N) is 1. The van der Waals surface area contributed by atoms with Gasteiger partial charge in [0.15, 0.2) is 0 Å². The van der Waals surface area contributed by atoms with Gasteiger partial charge in [-0.25, -0.2) is 9.97 Å². The Kier molecular flexibility index (Phi) is 5.17. The summed E-state index contributed by atoms with van der Waals surface area (Å²) in [6, 6.07) is 7.73. The number of benzene rings is 1. The van der Waals surface area contributed by atoms with E-state index in [1.165, 1.54) is 6.33 Å². The predicted molar refractivity (Wildman–Crippen MR) is 81.2 cm³/mol. The summed E-state index contributed by atoms with van der Waals surface area (Å²) >= 11 is 3.45. The van der Waals surface area contributed by atoms with Gasteiger partial charge in [0.05, 0.1) is 7.11 Å². The van der Waals surface area contributed by atoms with Gasteiger partial charge in [0.25, 0.3) is 0 Å². The molecule has 0 radical (unpaired) electrons. The van der Waals surface area contributed by atoms with Crippen LogP contribution in [0.25, 0.3) is 0 Å². The van der Waals surface area contributed by atoms with Crippen LogP contribution in [0.2, 0.25) is 0 Å². The number of rotatable bonds is 6. The number of methoxy groups -OCH3 is 1. The molecule has 0 atom stereocenters. The van der Waals surface area contributed by atoms with E-state index in [0.717, 1.165) is 28.1 Å². The molecule has 106 valence electrons. The highest BCUT2D eigenvalue weighted by Crippen LogP contribution is 2.29. The Hall–Kier alpha value is -1.82. The summed E-state index contributed by atoms with van der Waals surface area (Å²) in [5.41, 5.74) is 1.01. The van der Waals surface area contributed by atoms with E-state index in [1.54, 1.807) is 7.11 Å². The Balaban J connectivity index is 2.08. The summed E-state index contributed by atoms with van der Waals surface area (Å²) in [7, 11) is 1.64. The van der Waals surface area contributed by atoms with E-state index in [4.69, 9.17) is 9.47 Å². The zero-order valence-corrected chi connectivity index (χ0v) is 13.0. The molecular formula is C14H16BrN3O2. The molecule has 5 nitrogen and oxygen atoms in total. The molecule has 2 rings (SSSR count). The lowest BCUT2D eigenvalue weighted by molar-refractivity contribution is 0.290. The van der Waals surface area contributed by atoms with Crippen molar-refractivity contribution in [1.29, 1.82) is 0 Å². The minimum atomic E-state index is 0.415. The first kappa shape index (κ1) is 14.6. The summed E-state index contributed by atoms with van der Waals surface area (Å²) in [5, 5.41) is 3.13. The Morgan fingerprint density at radius 1 is 1.30 bits per heavy atom. The van der Waals surface area contributed by atoms with Crippen LogP contribution in [0.4, 0.5) is 5.82 Å². The highest BCUT2D eigenvalue weighted by Gasteiger charge is 2.09. The SMILES string of the molecule is CCNc1ncnc(OCc2cccc(OC)c2)c1Br. The number of halogens is 1. The van der Waals surface area contributed by atoms with Gasteiger partial charge >= 0.3 is 0 Å². The molecule has 6 heteroatoms. The maximum Gasteiger partial charge on any atom is 0.233 e. The smallest absolute Gasteiger partial charge is 0.233 e. The van der Waals surface area contributed by atoms with Crippen molar-refractivity contribution >= 4 is 21.7 Å². The van der Waals surface area contributed by atoms with E-state index in [2.05, 4.69) is 31.2 Å². The number of hydrogen-bond donors (Lipinski definition) is 1. The fourth-order valence-corrected chi connectivity index (χ4v) is 2.12. The van der Waals surface area contributed by atoms with Crippen molar-refractivity contribution in [3.63, 3.8) is 0 Å². The first-order valence-corrected chi connectivity index (χ1v) is 7.04. The Bertz CT molecular complexity index is 578. The minimum Gasteiger partial charge on any atom is -0.497 e. The van der Waals surface area contributed by atoms with Crippen molar-refractivity contribution in [2.75, 3.05) is 19.0 Å². The van der Waals surface area contributed by atoms with Gasteiger partial charge in [-0.05, 0) is 40.5 Å². The highest BCUT2D eigenvalue weighted by molar-refractivity contribution is 9.10. The van der Waals surface area contributed by atoms with Crippen molar-refractivity contribution in [2.24, 2.45) is 0 Å². The number of ether oxygens (including phenoxy) is 2. The van der Waals surface area contributed by atoms with Crippen LogP contribution in [0.15, 0.2) is 35.1 Å². The number of nitrogens with zero attached hydrogens (tertiary/aromatic N) is 2. The second kappa shape index (κ2) is 7.09. The van der Waals surface area contributed by atoms with Crippen LogP contribution in [0.3, 0.4) is 0 Å². The normalized spacial score (nSPS) is 10.2. The fourth-order valence-electron chi connectivity index (χ4n) is 1.66. The first-order valence-electron chi connectivity index (χ1n) is 6.24. The van der Waals surface area contributed by atoms with Crippen molar-refractivity contribution in [3.05, 3.63) is 40.6 Å². The average Bonchev–Trinajstić information content (AvgIpc) is 2.48. The largest absolute Gasteiger partial charge is 0.497 e. The zero-order chi connectivity index (χ0) is 14.4. The molecule has 1 heterocycles. The van der Waals surface area contributed by atoms with Gasteiger partial charge in [0.2, 0.25) is 5.88 Å². The van der Waals surface area contributed by atoms with Crippen LogP contribution in [-0.4, -0.2) is 23.6 Å². The first-order chi connectivity index (χ1) is 9.74. The molecule has 0 bridgehead atoms. The van der Waals surface area contributed by atoms with E-state index < -0.39 is 0 Å².